The average Bonchev–Trinajstić information content (AvgIpc) is 2.27. The van der Waals surface area contributed by atoms with Crippen molar-refractivity contribution in [3.8, 4) is 11.3 Å². The Hall–Kier alpha value is -1.68. The standard InChI is InChI=1S/C10H6ClFN2O/c11-7-8(12)9(13-14-10(7)15)6-4-2-1-3-5-6/h1-5H,(H,14,15). The number of aromatic amines is 1. The van der Waals surface area contributed by atoms with Crippen LogP contribution in [0.2, 0.25) is 5.02 Å². The molecule has 0 bridgehead atoms. The summed E-state index contributed by atoms with van der Waals surface area (Å²) in [7, 11) is 0. The molecule has 0 unspecified atom stereocenters. The predicted octanol–water partition coefficient (Wildman–Crippen LogP) is 2.23. The van der Waals surface area contributed by atoms with Crippen LogP contribution in [-0.4, -0.2) is 10.2 Å². The minimum atomic E-state index is -0.799. The fraction of sp³-hybridized carbons (Fsp3) is 0. The Morgan fingerprint density at radius 3 is 2.60 bits per heavy atom. The topological polar surface area (TPSA) is 45.8 Å². The summed E-state index contributed by atoms with van der Waals surface area (Å²) in [6, 6.07) is 8.65. The summed E-state index contributed by atoms with van der Waals surface area (Å²) in [6.45, 7) is 0. The van der Waals surface area contributed by atoms with Gasteiger partial charge in [0.2, 0.25) is 0 Å². The van der Waals surface area contributed by atoms with Gasteiger partial charge in [-0.05, 0) is 0 Å². The quantitative estimate of drug-likeness (QED) is 0.808. The van der Waals surface area contributed by atoms with Crippen LogP contribution in [0.4, 0.5) is 4.39 Å². The first-order valence-corrected chi connectivity index (χ1v) is 4.57. The molecule has 1 N–H and O–H groups in total. The summed E-state index contributed by atoms with van der Waals surface area (Å²) >= 11 is 5.47. The first-order chi connectivity index (χ1) is 7.20. The Labute approximate surface area is 89.5 Å². The number of aromatic nitrogens is 2. The predicted molar refractivity (Wildman–Crippen MR) is 55.3 cm³/mol. The summed E-state index contributed by atoms with van der Waals surface area (Å²) in [5.74, 6) is -0.799. The SMILES string of the molecule is O=c1[nH]nc(-c2ccccc2)c(F)c1Cl. The summed E-state index contributed by atoms with van der Waals surface area (Å²) in [5.41, 5.74) is -0.123. The zero-order valence-corrected chi connectivity index (χ0v) is 8.25. The van der Waals surface area contributed by atoms with Gasteiger partial charge in [0.25, 0.3) is 5.56 Å². The van der Waals surface area contributed by atoms with Gasteiger partial charge >= 0.3 is 0 Å². The average molecular weight is 225 g/mol. The van der Waals surface area contributed by atoms with Crippen LogP contribution < -0.4 is 5.56 Å². The van der Waals surface area contributed by atoms with E-state index >= 15 is 0 Å². The molecule has 1 aromatic carbocycles. The third kappa shape index (κ3) is 1.76. The van der Waals surface area contributed by atoms with Crippen molar-refractivity contribution in [1.82, 2.24) is 10.2 Å². The third-order valence-corrected chi connectivity index (χ3v) is 2.25. The van der Waals surface area contributed by atoms with E-state index in [-0.39, 0.29) is 5.69 Å². The van der Waals surface area contributed by atoms with E-state index in [1.165, 1.54) is 0 Å². The molecule has 2 rings (SSSR count). The van der Waals surface area contributed by atoms with Gasteiger partial charge < -0.3 is 0 Å². The number of H-pyrrole nitrogens is 1. The molecule has 0 spiro atoms. The zero-order valence-electron chi connectivity index (χ0n) is 7.50. The van der Waals surface area contributed by atoms with Gasteiger partial charge in [-0.3, -0.25) is 4.79 Å². The van der Waals surface area contributed by atoms with Crippen LogP contribution in [0.15, 0.2) is 35.1 Å². The van der Waals surface area contributed by atoms with Gasteiger partial charge in [-0.25, -0.2) is 9.49 Å². The van der Waals surface area contributed by atoms with Crippen molar-refractivity contribution >= 4 is 11.6 Å². The van der Waals surface area contributed by atoms with Gasteiger partial charge in [0.15, 0.2) is 5.82 Å². The fourth-order valence-corrected chi connectivity index (χ4v) is 1.33. The largest absolute Gasteiger partial charge is 0.285 e. The van der Waals surface area contributed by atoms with E-state index < -0.39 is 16.4 Å². The second kappa shape index (κ2) is 3.82. The number of benzene rings is 1. The van der Waals surface area contributed by atoms with Crippen LogP contribution >= 0.6 is 11.6 Å². The van der Waals surface area contributed by atoms with Crippen LogP contribution in [0, 0.1) is 5.82 Å². The number of hydrogen-bond donors (Lipinski definition) is 1. The van der Waals surface area contributed by atoms with E-state index in [0.717, 1.165) is 0 Å². The van der Waals surface area contributed by atoms with Gasteiger partial charge in [-0.15, -0.1) is 0 Å². The Kier molecular flexibility index (Phi) is 2.51. The highest BCUT2D eigenvalue weighted by Gasteiger charge is 2.13. The Balaban J connectivity index is 2.65. The lowest BCUT2D eigenvalue weighted by molar-refractivity contribution is 0.617. The van der Waals surface area contributed by atoms with Gasteiger partial charge in [0.05, 0.1) is 0 Å². The minimum Gasteiger partial charge on any atom is -0.266 e. The molecule has 0 saturated carbocycles. The fourth-order valence-electron chi connectivity index (χ4n) is 1.20. The van der Waals surface area contributed by atoms with E-state index in [1.807, 2.05) is 0 Å². The van der Waals surface area contributed by atoms with E-state index in [2.05, 4.69) is 10.2 Å². The van der Waals surface area contributed by atoms with E-state index in [1.54, 1.807) is 30.3 Å². The third-order valence-electron chi connectivity index (χ3n) is 1.92. The molecule has 0 fully saturated rings. The molecule has 3 nitrogen and oxygen atoms in total. The van der Waals surface area contributed by atoms with E-state index in [0.29, 0.717) is 5.56 Å². The highest BCUT2D eigenvalue weighted by Crippen LogP contribution is 2.21. The first-order valence-electron chi connectivity index (χ1n) is 4.19. The second-order valence-electron chi connectivity index (χ2n) is 2.90. The highest BCUT2D eigenvalue weighted by molar-refractivity contribution is 6.30. The molecule has 1 aromatic heterocycles. The number of nitrogens with one attached hydrogen (secondary N) is 1. The molecule has 1 heterocycles. The normalized spacial score (nSPS) is 10.3. The lowest BCUT2D eigenvalue weighted by Gasteiger charge is -2.01. The second-order valence-corrected chi connectivity index (χ2v) is 3.27. The Morgan fingerprint density at radius 1 is 1.27 bits per heavy atom. The monoisotopic (exact) mass is 224 g/mol. The van der Waals surface area contributed by atoms with Gasteiger partial charge in [0, 0.05) is 5.56 Å². The van der Waals surface area contributed by atoms with Gasteiger partial charge in [0.1, 0.15) is 10.7 Å². The molecule has 2 aromatic rings. The van der Waals surface area contributed by atoms with Gasteiger partial charge in [-0.1, -0.05) is 41.9 Å². The van der Waals surface area contributed by atoms with Crippen LogP contribution in [0.1, 0.15) is 0 Å². The number of nitrogens with zero attached hydrogens (tertiary/aromatic N) is 1. The Morgan fingerprint density at radius 2 is 1.93 bits per heavy atom. The Bertz CT molecular complexity index is 539. The molecule has 0 saturated heterocycles. The number of rotatable bonds is 1. The molecular weight excluding hydrogens is 219 g/mol. The minimum absolute atomic E-state index is 0.0419. The molecule has 0 radical (unpaired) electrons. The van der Waals surface area contributed by atoms with Crippen molar-refractivity contribution in [2.45, 2.75) is 0 Å². The van der Waals surface area contributed by atoms with E-state index in [9.17, 15) is 9.18 Å². The summed E-state index contributed by atoms with van der Waals surface area (Å²) < 4.78 is 13.5. The molecule has 0 aliphatic heterocycles. The maximum Gasteiger partial charge on any atom is 0.285 e. The number of halogens is 2. The molecule has 76 valence electrons. The maximum absolute atomic E-state index is 13.5. The smallest absolute Gasteiger partial charge is 0.266 e. The summed E-state index contributed by atoms with van der Waals surface area (Å²) in [4.78, 5) is 10.9. The van der Waals surface area contributed by atoms with Crippen LogP contribution in [-0.2, 0) is 0 Å². The highest BCUT2D eigenvalue weighted by atomic mass is 35.5. The molecule has 15 heavy (non-hydrogen) atoms. The van der Waals surface area contributed by atoms with Crippen molar-refractivity contribution in [2.24, 2.45) is 0 Å². The maximum atomic E-state index is 13.5. The zero-order chi connectivity index (χ0) is 10.8. The molecule has 0 atom stereocenters. The molecule has 5 heteroatoms. The van der Waals surface area contributed by atoms with Crippen LogP contribution in [0.5, 0.6) is 0 Å². The van der Waals surface area contributed by atoms with Crippen LogP contribution in [0.3, 0.4) is 0 Å². The summed E-state index contributed by atoms with van der Waals surface area (Å²) in [5, 5.41) is 5.27. The van der Waals surface area contributed by atoms with Crippen LogP contribution in [0.25, 0.3) is 11.3 Å². The first kappa shape index (κ1) is 9.86. The lowest BCUT2D eigenvalue weighted by Crippen LogP contribution is -2.12. The van der Waals surface area contributed by atoms with E-state index in [4.69, 9.17) is 11.6 Å². The molecular formula is C10H6ClFN2O. The molecule has 0 aliphatic carbocycles. The van der Waals surface area contributed by atoms with Crippen molar-refractivity contribution in [2.75, 3.05) is 0 Å². The van der Waals surface area contributed by atoms with Crippen molar-refractivity contribution < 1.29 is 4.39 Å². The summed E-state index contributed by atoms with van der Waals surface area (Å²) in [6.07, 6.45) is 0. The van der Waals surface area contributed by atoms with Crippen molar-refractivity contribution in [1.29, 1.82) is 0 Å². The van der Waals surface area contributed by atoms with Crippen molar-refractivity contribution in [3.05, 3.63) is 51.5 Å². The molecule has 0 aliphatic rings. The molecule has 0 amide bonds. The number of hydrogen-bond acceptors (Lipinski definition) is 2. The lowest BCUT2D eigenvalue weighted by atomic mass is 10.1. The van der Waals surface area contributed by atoms with Crippen molar-refractivity contribution in [3.63, 3.8) is 0 Å². The van der Waals surface area contributed by atoms with Gasteiger partial charge in [-0.2, -0.15) is 5.10 Å².